The number of fused-ring (bicyclic) bond motifs is 1. The first kappa shape index (κ1) is 22.7. The highest BCUT2D eigenvalue weighted by Crippen LogP contribution is 2.34. The smallest absolute Gasteiger partial charge is 0.164 e. The maximum Gasteiger partial charge on any atom is 0.164 e. The minimum absolute atomic E-state index is 0.468. The molecule has 1 aliphatic carbocycles. The molecule has 3 N–H and O–H groups in total. The highest BCUT2D eigenvalue weighted by molar-refractivity contribution is 5.74. The van der Waals surface area contributed by atoms with E-state index in [9.17, 15) is 10.2 Å². The largest absolute Gasteiger partial charge is 0.388 e. The van der Waals surface area contributed by atoms with Crippen molar-refractivity contribution in [2.75, 3.05) is 11.9 Å². The van der Waals surface area contributed by atoms with Crippen LogP contribution in [0.5, 0.6) is 0 Å². The van der Waals surface area contributed by atoms with Gasteiger partial charge in [-0.25, -0.2) is 15.0 Å². The first-order chi connectivity index (χ1) is 16.5. The molecule has 4 atom stereocenters. The van der Waals surface area contributed by atoms with E-state index in [-0.39, 0.29) is 0 Å². The van der Waals surface area contributed by atoms with Crippen LogP contribution in [0.3, 0.4) is 0 Å². The summed E-state index contributed by atoms with van der Waals surface area (Å²) in [5.41, 5.74) is 1.81. The van der Waals surface area contributed by atoms with Gasteiger partial charge in [0.25, 0.3) is 0 Å². The molecule has 1 saturated heterocycles. The zero-order valence-corrected chi connectivity index (χ0v) is 19.3. The molecular formula is C26H31N5O3. The third-order valence-corrected chi connectivity index (χ3v) is 6.64. The topological polar surface area (TPSA) is 105 Å². The van der Waals surface area contributed by atoms with Gasteiger partial charge in [-0.3, -0.25) is 0 Å². The maximum absolute atomic E-state index is 10.6. The van der Waals surface area contributed by atoms with Crippen LogP contribution in [-0.2, 0) is 4.74 Å². The summed E-state index contributed by atoms with van der Waals surface area (Å²) in [6.45, 7) is 7.10. The third-order valence-electron chi connectivity index (χ3n) is 6.64. The fraction of sp³-hybridized carbons (Fsp3) is 0.423. The van der Waals surface area contributed by atoms with E-state index in [0.717, 1.165) is 46.2 Å². The molecule has 2 fully saturated rings. The molecule has 3 aromatic rings. The van der Waals surface area contributed by atoms with Gasteiger partial charge in [-0.15, -0.1) is 0 Å². The van der Waals surface area contributed by atoms with E-state index < -0.39 is 24.5 Å². The molecule has 8 heteroatoms. The van der Waals surface area contributed by atoms with Gasteiger partial charge in [-0.1, -0.05) is 24.3 Å². The molecule has 0 unspecified atom stereocenters. The van der Waals surface area contributed by atoms with E-state index in [0.29, 0.717) is 12.1 Å². The first-order valence-electron chi connectivity index (χ1n) is 11.8. The van der Waals surface area contributed by atoms with E-state index in [4.69, 9.17) is 4.74 Å². The lowest BCUT2D eigenvalue weighted by Crippen LogP contribution is -2.31. The molecule has 1 aliphatic heterocycles. The van der Waals surface area contributed by atoms with Crippen LogP contribution in [0.1, 0.15) is 38.8 Å². The van der Waals surface area contributed by atoms with E-state index in [2.05, 4.69) is 32.9 Å². The molecule has 3 aromatic heterocycles. The summed E-state index contributed by atoms with van der Waals surface area (Å²) in [5, 5.41) is 27.2. The standard InChI is InChI=1S/C26H31N5O3/c1-16(3-7-19-8-10-22(30-17(19)2)28-13-18-5-6-18)4-9-21-23(32)24(33)26(34-21)31-12-11-20-14-27-15-29-25(20)31/h3,7-8,10-12,14-15,18,21,23-24,26,32-33H,2,4-6,9,13H2,1H3,(H,28,30)/b16-3+,19-7-/t21-,23-,24-,26-/m1/s1. The summed E-state index contributed by atoms with van der Waals surface area (Å²) in [6.07, 6.45) is 9.84. The van der Waals surface area contributed by atoms with Gasteiger partial charge in [0.05, 0.1) is 11.5 Å². The normalized spacial score (nSPS) is 25.9. The number of allylic oxidation sites excluding steroid dienone is 2. The lowest BCUT2D eigenvalue weighted by atomic mass is 10.0. The third kappa shape index (κ3) is 4.89. The van der Waals surface area contributed by atoms with Crippen molar-refractivity contribution >= 4 is 29.5 Å². The Morgan fingerprint density at radius 2 is 2.12 bits per heavy atom. The number of aliphatic hydroxyl groups excluding tert-OH is 2. The highest BCUT2D eigenvalue weighted by atomic mass is 16.6. The molecule has 2 aliphatic rings. The Bertz CT molecular complexity index is 1300. The number of hydrogen-bond acceptors (Lipinski definition) is 7. The minimum atomic E-state index is -1.03. The number of ether oxygens (including phenoxy) is 1. The molecule has 178 valence electrons. The summed E-state index contributed by atoms with van der Waals surface area (Å²) in [5.74, 6) is 1.67. The molecular weight excluding hydrogens is 430 g/mol. The second kappa shape index (κ2) is 9.66. The average Bonchev–Trinajstić information content (AvgIpc) is 3.52. The average molecular weight is 462 g/mol. The minimum Gasteiger partial charge on any atom is -0.388 e. The van der Waals surface area contributed by atoms with Crippen molar-refractivity contribution in [1.82, 2.24) is 19.5 Å². The highest BCUT2D eigenvalue weighted by Gasteiger charge is 2.43. The van der Waals surface area contributed by atoms with E-state index in [1.54, 1.807) is 17.0 Å². The first-order valence-corrected chi connectivity index (χ1v) is 11.8. The van der Waals surface area contributed by atoms with Crippen LogP contribution in [0.4, 0.5) is 5.82 Å². The number of rotatable bonds is 8. The van der Waals surface area contributed by atoms with Crippen LogP contribution in [-0.4, -0.2) is 54.6 Å². The van der Waals surface area contributed by atoms with Crippen LogP contribution in [0.25, 0.3) is 23.7 Å². The lowest BCUT2D eigenvalue weighted by molar-refractivity contribution is -0.0364. The van der Waals surface area contributed by atoms with Crippen LogP contribution in [0.15, 0.2) is 48.6 Å². The van der Waals surface area contributed by atoms with Crippen molar-refractivity contribution in [1.29, 1.82) is 0 Å². The van der Waals surface area contributed by atoms with Gasteiger partial charge in [0, 0.05) is 24.3 Å². The maximum atomic E-state index is 10.6. The van der Waals surface area contributed by atoms with Gasteiger partial charge in [-0.05, 0) is 61.9 Å². The van der Waals surface area contributed by atoms with Gasteiger partial charge in [0.2, 0.25) is 0 Å². The summed E-state index contributed by atoms with van der Waals surface area (Å²) >= 11 is 0. The Hall–Kier alpha value is -3.07. The summed E-state index contributed by atoms with van der Waals surface area (Å²) < 4.78 is 7.82. The summed E-state index contributed by atoms with van der Waals surface area (Å²) in [7, 11) is 0. The Kier molecular flexibility index (Phi) is 6.45. The Morgan fingerprint density at radius 1 is 1.26 bits per heavy atom. The van der Waals surface area contributed by atoms with Crippen LogP contribution in [0, 0.1) is 5.92 Å². The molecule has 5 rings (SSSR count). The lowest BCUT2D eigenvalue weighted by Gasteiger charge is -2.17. The number of aromatic nitrogens is 4. The molecule has 0 aromatic carbocycles. The molecule has 0 amide bonds. The van der Waals surface area contributed by atoms with E-state index in [1.807, 2.05) is 31.2 Å². The van der Waals surface area contributed by atoms with Crippen molar-refractivity contribution in [3.8, 4) is 0 Å². The number of hydrogen-bond donors (Lipinski definition) is 3. The quantitative estimate of drug-likeness (QED) is 0.470. The number of anilines is 1. The van der Waals surface area contributed by atoms with Gasteiger partial charge < -0.3 is 24.8 Å². The van der Waals surface area contributed by atoms with Crippen LogP contribution < -0.4 is 15.9 Å². The van der Waals surface area contributed by atoms with Crippen molar-refractivity contribution in [2.45, 2.75) is 57.1 Å². The molecule has 1 saturated carbocycles. The Morgan fingerprint density at radius 3 is 2.91 bits per heavy atom. The summed E-state index contributed by atoms with van der Waals surface area (Å²) in [6, 6.07) is 5.89. The van der Waals surface area contributed by atoms with E-state index in [1.165, 1.54) is 19.2 Å². The SMILES string of the molecule is C=c1nc(NCC2CC2)cc/c1=C/C=C(\C)CC[C@H]1O[C@@H](n2ccc3cncnc32)[C@H](O)[C@@H]1O. The van der Waals surface area contributed by atoms with Crippen molar-refractivity contribution in [3.63, 3.8) is 0 Å². The number of nitrogens with zero attached hydrogens (tertiary/aromatic N) is 4. The summed E-state index contributed by atoms with van der Waals surface area (Å²) in [4.78, 5) is 12.9. The zero-order chi connectivity index (χ0) is 23.7. The molecule has 8 nitrogen and oxygen atoms in total. The van der Waals surface area contributed by atoms with Crippen molar-refractivity contribution in [2.24, 2.45) is 5.92 Å². The van der Waals surface area contributed by atoms with Gasteiger partial charge >= 0.3 is 0 Å². The molecule has 0 bridgehead atoms. The number of aliphatic hydroxyl groups is 2. The Labute approximate surface area is 198 Å². The van der Waals surface area contributed by atoms with Crippen molar-refractivity contribution in [3.05, 3.63) is 59.1 Å². The van der Waals surface area contributed by atoms with Crippen LogP contribution >= 0.6 is 0 Å². The molecule has 0 spiro atoms. The fourth-order valence-corrected chi connectivity index (χ4v) is 4.32. The van der Waals surface area contributed by atoms with Gasteiger partial charge in [-0.2, -0.15) is 0 Å². The predicted octanol–water partition coefficient (Wildman–Crippen LogP) is 1.88. The van der Waals surface area contributed by atoms with Gasteiger partial charge in [0.15, 0.2) is 6.23 Å². The van der Waals surface area contributed by atoms with E-state index >= 15 is 0 Å². The predicted molar refractivity (Wildman–Crippen MR) is 131 cm³/mol. The molecule has 0 radical (unpaired) electrons. The monoisotopic (exact) mass is 461 g/mol. The molecule has 4 heterocycles. The number of pyridine rings is 1. The second-order valence-corrected chi connectivity index (χ2v) is 9.35. The van der Waals surface area contributed by atoms with Gasteiger partial charge in [0.1, 0.15) is 30.0 Å². The molecule has 34 heavy (non-hydrogen) atoms. The second-order valence-electron chi connectivity index (χ2n) is 9.35. The van der Waals surface area contributed by atoms with Crippen LogP contribution in [0.2, 0.25) is 0 Å². The van der Waals surface area contributed by atoms with Crippen molar-refractivity contribution < 1.29 is 14.9 Å². The zero-order valence-electron chi connectivity index (χ0n) is 19.3. The fourth-order valence-electron chi connectivity index (χ4n) is 4.32. The number of nitrogens with one attached hydrogen (secondary N) is 1. The Balaban J connectivity index is 1.21.